The van der Waals surface area contributed by atoms with Crippen molar-refractivity contribution >= 4 is 157 Å². The van der Waals surface area contributed by atoms with Crippen LogP contribution in [-0.4, -0.2) is 132 Å². The number of halogens is 2. The average molecular weight is 342 g/mol. The van der Waals surface area contributed by atoms with E-state index in [1.165, 1.54) is 0 Å². The first-order valence-corrected chi connectivity index (χ1v) is 0. The quantitative estimate of drug-likeness (QED) is 0.477. The Morgan fingerprint density at radius 2 is 0.800 bits per heavy atom. The first kappa shape index (κ1) is 32.7. The van der Waals surface area contributed by atoms with Gasteiger partial charge in [0, 0.05) is 48.9 Å². The van der Waals surface area contributed by atoms with Gasteiger partial charge in [0.05, 0.1) is 0 Å². The van der Waals surface area contributed by atoms with E-state index in [4.69, 9.17) is 0 Å². The fourth-order valence-electron chi connectivity index (χ4n) is 0. The molecular formula is H6BaCaCl2Sr. The molecule has 0 nitrogen and oxygen atoms in total. The maximum atomic E-state index is 0. The molecule has 0 fully saturated rings. The molecule has 0 N–H and O–H groups in total. The summed E-state index contributed by atoms with van der Waals surface area (Å²) in [6.07, 6.45) is 0. The van der Waals surface area contributed by atoms with Crippen molar-refractivity contribution in [3.8, 4) is 0 Å². The molecule has 0 heterocycles. The van der Waals surface area contributed by atoms with Gasteiger partial charge in [-0.15, -0.1) is 24.8 Å². The summed E-state index contributed by atoms with van der Waals surface area (Å²) in [5.74, 6) is 0. The van der Waals surface area contributed by atoms with Crippen molar-refractivity contribution in [3.63, 3.8) is 0 Å². The van der Waals surface area contributed by atoms with Gasteiger partial charge in [0.2, 0.25) is 0 Å². The van der Waals surface area contributed by atoms with Gasteiger partial charge in [0.15, 0.2) is 0 Å². The molecule has 0 bridgehead atoms. The molecule has 0 amide bonds. The van der Waals surface area contributed by atoms with Gasteiger partial charge in [-0.1, -0.05) is 0 Å². The average Bonchev–Trinajstić information content (AvgIpc) is 0. The SMILES string of the molecule is Cl.Cl.[Ba].[CaH2].[SrH2]. The van der Waals surface area contributed by atoms with Crippen molar-refractivity contribution in [2.24, 2.45) is 0 Å². The third kappa shape index (κ3) is 17.6. The third-order valence-electron chi connectivity index (χ3n) is 0. The van der Waals surface area contributed by atoms with E-state index in [9.17, 15) is 0 Å². The van der Waals surface area contributed by atoms with E-state index < -0.39 is 0 Å². The summed E-state index contributed by atoms with van der Waals surface area (Å²) in [6.45, 7) is 0. The third-order valence-corrected chi connectivity index (χ3v) is 0. The van der Waals surface area contributed by atoms with E-state index in [1.54, 1.807) is 0 Å². The second kappa shape index (κ2) is 23.1. The topological polar surface area (TPSA) is 0 Å². The van der Waals surface area contributed by atoms with E-state index in [1.807, 2.05) is 0 Å². The van der Waals surface area contributed by atoms with Crippen LogP contribution in [0, 0.1) is 0 Å². The Labute approximate surface area is 152 Å². The normalized spacial score (nSPS) is 0. The summed E-state index contributed by atoms with van der Waals surface area (Å²) in [4.78, 5) is 0. The minimum atomic E-state index is 0. The number of hydrogen-bond donors (Lipinski definition) is 0. The Morgan fingerprint density at radius 3 is 0.800 bits per heavy atom. The van der Waals surface area contributed by atoms with E-state index in [0.29, 0.717) is 0 Å². The van der Waals surface area contributed by atoms with Gasteiger partial charge >= 0.3 is 83.2 Å². The first-order chi connectivity index (χ1) is 0. The zero-order chi connectivity index (χ0) is 0. The van der Waals surface area contributed by atoms with Crippen molar-refractivity contribution in [2.75, 3.05) is 0 Å². The molecule has 0 rings (SSSR count). The molecule has 0 aliphatic heterocycles. The van der Waals surface area contributed by atoms with Crippen LogP contribution in [0.3, 0.4) is 0 Å². The Hall–Kier alpha value is 4.89. The molecule has 0 aliphatic carbocycles. The van der Waals surface area contributed by atoms with E-state index in [0.717, 1.165) is 0 Å². The van der Waals surface area contributed by atoms with Crippen LogP contribution in [-0.2, 0) is 0 Å². The Balaban J connectivity index is 0. The predicted molar refractivity (Wildman–Crippen MR) is 37.3 cm³/mol. The Kier molecular flexibility index (Phi) is 151. The van der Waals surface area contributed by atoms with Gasteiger partial charge in [-0.3, -0.25) is 0 Å². The second-order valence-electron chi connectivity index (χ2n) is 0. The summed E-state index contributed by atoms with van der Waals surface area (Å²) in [5.41, 5.74) is 0. The molecule has 26 valence electrons. The van der Waals surface area contributed by atoms with Gasteiger partial charge in [-0.2, -0.15) is 0 Å². The van der Waals surface area contributed by atoms with E-state index in [2.05, 4.69) is 0 Å². The zero-order valence-corrected chi connectivity index (χ0v) is 7.60. The molecule has 0 saturated carbocycles. The Morgan fingerprint density at radius 1 is 0.800 bits per heavy atom. The molecule has 0 atom stereocenters. The van der Waals surface area contributed by atoms with Gasteiger partial charge in [0.25, 0.3) is 0 Å². The molecular weight excluding hydrogens is 336 g/mol. The fraction of sp³-hybridized carbons (Fsp3) is 0. The number of rotatable bonds is 0. The van der Waals surface area contributed by atoms with Crippen LogP contribution in [0.2, 0.25) is 0 Å². The van der Waals surface area contributed by atoms with Gasteiger partial charge in [-0.05, 0) is 0 Å². The second-order valence-corrected chi connectivity index (χ2v) is 0. The van der Waals surface area contributed by atoms with E-state index in [-0.39, 0.29) is 157 Å². The standard InChI is InChI=1S/Ba.Ca.2ClH.Sr.4H/h;;2*1H;;;;;. The molecule has 0 aliphatic rings. The molecule has 2 radical (unpaired) electrons. The van der Waals surface area contributed by atoms with Gasteiger partial charge < -0.3 is 0 Å². The first-order valence-electron chi connectivity index (χ1n) is 0. The van der Waals surface area contributed by atoms with Crippen LogP contribution >= 0.6 is 24.8 Å². The molecule has 0 unspecified atom stereocenters. The maximum absolute atomic E-state index is 0. The Bertz CT molecular complexity index is 9.61. The van der Waals surface area contributed by atoms with Crippen molar-refractivity contribution < 1.29 is 0 Å². The summed E-state index contributed by atoms with van der Waals surface area (Å²) < 4.78 is 0. The van der Waals surface area contributed by atoms with Crippen molar-refractivity contribution in [1.82, 2.24) is 0 Å². The van der Waals surface area contributed by atoms with Gasteiger partial charge in [0.1, 0.15) is 0 Å². The van der Waals surface area contributed by atoms with Crippen LogP contribution in [0.15, 0.2) is 0 Å². The molecule has 0 aromatic carbocycles. The number of hydrogen-bond acceptors (Lipinski definition) is 0. The summed E-state index contributed by atoms with van der Waals surface area (Å²) >= 11 is 0. The molecule has 0 spiro atoms. The van der Waals surface area contributed by atoms with Crippen LogP contribution in [0.1, 0.15) is 0 Å². The predicted octanol–water partition coefficient (Wildman–Crippen LogP) is -1.37. The fourth-order valence-corrected chi connectivity index (χ4v) is 0. The summed E-state index contributed by atoms with van der Waals surface area (Å²) in [7, 11) is 0. The van der Waals surface area contributed by atoms with Crippen LogP contribution in [0.5, 0.6) is 0 Å². The van der Waals surface area contributed by atoms with Crippen molar-refractivity contribution in [1.29, 1.82) is 0 Å². The van der Waals surface area contributed by atoms with Gasteiger partial charge in [-0.25, -0.2) is 0 Å². The minimum absolute atomic E-state index is 0. The van der Waals surface area contributed by atoms with Crippen molar-refractivity contribution in [3.05, 3.63) is 0 Å². The van der Waals surface area contributed by atoms with Crippen LogP contribution in [0.25, 0.3) is 0 Å². The molecule has 0 aromatic rings. The molecule has 0 saturated heterocycles. The molecule has 5 heteroatoms. The van der Waals surface area contributed by atoms with Crippen molar-refractivity contribution in [2.45, 2.75) is 0 Å². The van der Waals surface area contributed by atoms with Crippen LogP contribution < -0.4 is 0 Å². The monoisotopic (exact) mass is 342 g/mol. The van der Waals surface area contributed by atoms with Crippen LogP contribution in [0.4, 0.5) is 0 Å². The van der Waals surface area contributed by atoms with E-state index >= 15 is 0 Å². The molecule has 5 heavy (non-hydrogen) atoms. The zero-order valence-electron chi connectivity index (χ0n) is 1.52. The molecule has 0 aromatic heterocycles. The summed E-state index contributed by atoms with van der Waals surface area (Å²) in [6, 6.07) is 0. The summed E-state index contributed by atoms with van der Waals surface area (Å²) in [5, 5.41) is 0.